The van der Waals surface area contributed by atoms with E-state index in [-0.39, 0.29) is 5.69 Å². The Balaban J connectivity index is 1.70. The fraction of sp³-hybridized carbons (Fsp3) is 0.400. The van der Waals surface area contributed by atoms with E-state index in [1.165, 1.54) is 0 Å². The molecule has 114 valence electrons. The van der Waals surface area contributed by atoms with Crippen molar-refractivity contribution in [3.63, 3.8) is 0 Å². The van der Waals surface area contributed by atoms with Crippen molar-refractivity contribution in [2.45, 2.75) is 6.54 Å². The molecular weight excluding hydrogens is 270 g/mol. The third kappa shape index (κ3) is 4.68. The number of likely N-dealkylation sites (N-methyl/N-ethyl adjacent to an activating group) is 1. The van der Waals surface area contributed by atoms with Crippen LogP contribution in [0.1, 0.15) is 0 Å². The average Bonchev–Trinajstić information content (AvgIpc) is 2.91. The lowest BCUT2D eigenvalue weighted by molar-refractivity contribution is 0.231. The van der Waals surface area contributed by atoms with Gasteiger partial charge in [-0.3, -0.25) is 4.57 Å². The second kappa shape index (κ2) is 7.54. The van der Waals surface area contributed by atoms with Gasteiger partial charge in [0.05, 0.1) is 7.11 Å². The molecule has 1 aromatic heterocycles. The molecule has 0 amide bonds. The van der Waals surface area contributed by atoms with Crippen LogP contribution in [0.5, 0.6) is 11.5 Å². The van der Waals surface area contributed by atoms with Crippen molar-refractivity contribution in [1.82, 2.24) is 14.5 Å². The molecule has 1 aromatic carbocycles. The van der Waals surface area contributed by atoms with E-state index in [1.54, 1.807) is 24.1 Å². The maximum atomic E-state index is 11.3. The van der Waals surface area contributed by atoms with Crippen LogP contribution >= 0.6 is 0 Å². The summed E-state index contributed by atoms with van der Waals surface area (Å²) < 4.78 is 12.5. The maximum Gasteiger partial charge on any atom is 0.325 e. The van der Waals surface area contributed by atoms with Gasteiger partial charge in [-0.2, -0.15) is 0 Å². The molecule has 0 aliphatic rings. The number of benzene rings is 1. The van der Waals surface area contributed by atoms with Gasteiger partial charge in [0, 0.05) is 38.1 Å². The van der Waals surface area contributed by atoms with E-state index in [1.807, 2.05) is 31.3 Å². The summed E-state index contributed by atoms with van der Waals surface area (Å²) in [6, 6.07) is 7.55. The van der Waals surface area contributed by atoms with Crippen LogP contribution in [-0.2, 0) is 6.54 Å². The number of rotatable bonds is 8. The van der Waals surface area contributed by atoms with Crippen molar-refractivity contribution < 1.29 is 9.47 Å². The number of nitrogens with zero attached hydrogens (tertiary/aromatic N) is 2. The van der Waals surface area contributed by atoms with Crippen molar-refractivity contribution in [3.05, 3.63) is 47.1 Å². The summed E-state index contributed by atoms with van der Waals surface area (Å²) in [4.78, 5) is 16.1. The molecule has 2 rings (SSSR count). The number of ether oxygens (including phenoxy) is 2. The van der Waals surface area contributed by atoms with E-state index in [0.717, 1.165) is 24.6 Å². The van der Waals surface area contributed by atoms with Crippen LogP contribution in [-0.4, -0.2) is 48.3 Å². The van der Waals surface area contributed by atoms with Crippen molar-refractivity contribution in [1.29, 1.82) is 0 Å². The highest BCUT2D eigenvalue weighted by Crippen LogP contribution is 2.18. The normalized spacial score (nSPS) is 10.8. The molecule has 0 spiro atoms. The molecule has 6 nitrogen and oxygen atoms in total. The van der Waals surface area contributed by atoms with Gasteiger partial charge in [-0.1, -0.05) is 6.07 Å². The van der Waals surface area contributed by atoms with Crippen LogP contribution in [0.25, 0.3) is 0 Å². The summed E-state index contributed by atoms with van der Waals surface area (Å²) in [5.41, 5.74) is -0.0731. The zero-order chi connectivity index (χ0) is 15.1. The Morgan fingerprint density at radius 2 is 2.10 bits per heavy atom. The number of aromatic amines is 1. The van der Waals surface area contributed by atoms with Gasteiger partial charge >= 0.3 is 5.69 Å². The van der Waals surface area contributed by atoms with E-state index in [4.69, 9.17) is 9.47 Å². The highest BCUT2D eigenvalue weighted by Gasteiger charge is 2.02. The Hall–Kier alpha value is -2.21. The van der Waals surface area contributed by atoms with Gasteiger partial charge in [0.15, 0.2) is 0 Å². The highest BCUT2D eigenvalue weighted by molar-refractivity contribution is 5.32. The second-order valence-electron chi connectivity index (χ2n) is 4.79. The zero-order valence-corrected chi connectivity index (χ0v) is 12.4. The summed E-state index contributed by atoms with van der Waals surface area (Å²) in [5.74, 6) is 1.58. The average molecular weight is 291 g/mol. The van der Waals surface area contributed by atoms with E-state index in [0.29, 0.717) is 13.2 Å². The number of hydrogen-bond donors (Lipinski definition) is 1. The predicted octanol–water partition coefficient (Wildman–Crippen LogP) is 1.20. The lowest BCUT2D eigenvalue weighted by Gasteiger charge is -2.17. The minimum absolute atomic E-state index is 0.0731. The van der Waals surface area contributed by atoms with Gasteiger partial charge in [-0.15, -0.1) is 0 Å². The van der Waals surface area contributed by atoms with E-state index in [2.05, 4.69) is 9.88 Å². The monoisotopic (exact) mass is 291 g/mol. The molecular formula is C15H21N3O3. The molecule has 0 atom stereocenters. The molecule has 6 heteroatoms. The standard InChI is InChI=1S/C15H21N3O3/c1-17(8-9-18-7-6-16-15(18)19)10-11-21-14-5-3-4-13(12-14)20-2/h3-7,12H,8-11H2,1-2H3,(H,16,19). The number of H-pyrrole nitrogens is 1. The van der Waals surface area contributed by atoms with Crippen molar-refractivity contribution in [2.75, 3.05) is 33.9 Å². The molecule has 0 radical (unpaired) electrons. The first-order valence-electron chi connectivity index (χ1n) is 6.88. The number of imidazole rings is 1. The molecule has 2 aromatic rings. The first kappa shape index (κ1) is 15.2. The molecule has 0 unspecified atom stereocenters. The SMILES string of the molecule is COc1cccc(OCCN(C)CCn2cc[nH]c2=O)c1. The second-order valence-corrected chi connectivity index (χ2v) is 4.79. The topological polar surface area (TPSA) is 59.5 Å². The van der Waals surface area contributed by atoms with Crippen LogP contribution in [0.3, 0.4) is 0 Å². The van der Waals surface area contributed by atoms with Gasteiger partial charge < -0.3 is 19.4 Å². The van der Waals surface area contributed by atoms with Crippen LogP contribution in [0.15, 0.2) is 41.5 Å². The Morgan fingerprint density at radius 1 is 1.29 bits per heavy atom. The van der Waals surface area contributed by atoms with Crippen LogP contribution in [0.2, 0.25) is 0 Å². The number of nitrogens with one attached hydrogen (secondary N) is 1. The highest BCUT2D eigenvalue weighted by atomic mass is 16.5. The Kier molecular flexibility index (Phi) is 5.45. The molecule has 0 fully saturated rings. The largest absolute Gasteiger partial charge is 0.497 e. The van der Waals surface area contributed by atoms with Crippen LogP contribution in [0, 0.1) is 0 Å². The van der Waals surface area contributed by atoms with E-state index in [9.17, 15) is 4.79 Å². The van der Waals surface area contributed by atoms with E-state index < -0.39 is 0 Å². The summed E-state index contributed by atoms with van der Waals surface area (Å²) in [5, 5.41) is 0. The van der Waals surface area contributed by atoms with Crippen LogP contribution in [0.4, 0.5) is 0 Å². The van der Waals surface area contributed by atoms with Gasteiger partial charge in [-0.25, -0.2) is 4.79 Å². The summed E-state index contributed by atoms with van der Waals surface area (Å²) in [6.45, 7) is 2.83. The molecule has 0 aliphatic carbocycles. The minimum atomic E-state index is -0.0731. The fourth-order valence-corrected chi connectivity index (χ4v) is 1.93. The number of aromatic nitrogens is 2. The van der Waals surface area contributed by atoms with Gasteiger partial charge in [0.1, 0.15) is 18.1 Å². The van der Waals surface area contributed by atoms with Crippen LogP contribution < -0.4 is 15.2 Å². The van der Waals surface area contributed by atoms with Crippen molar-refractivity contribution in [3.8, 4) is 11.5 Å². The molecule has 0 saturated carbocycles. The summed E-state index contributed by atoms with van der Waals surface area (Å²) >= 11 is 0. The molecule has 1 heterocycles. The smallest absolute Gasteiger partial charge is 0.325 e. The van der Waals surface area contributed by atoms with Gasteiger partial charge in [0.2, 0.25) is 0 Å². The Morgan fingerprint density at radius 3 is 2.81 bits per heavy atom. The Labute approximate surface area is 123 Å². The third-order valence-electron chi connectivity index (χ3n) is 3.23. The Bertz CT molecular complexity index is 606. The number of hydrogen-bond acceptors (Lipinski definition) is 4. The van der Waals surface area contributed by atoms with Crippen molar-refractivity contribution >= 4 is 0 Å². The van der Waals surface area contributed by atoms with Gasteiger partial charge in [-0.05, 0) is 19.2 Å². The fourth-order valence-electron chi connectivity index (χ4n) is 1.93. The quantitative estimate of drug-likeness (QED) is 0.794. The maximum absolute atomic E-state index is 11.3. The predicted molar refractivity (Wildman–Crippen MR) is 81.0 cm³/mol. The molecule has 0 saturated heterocycles. The minimum Gasteiger partial charge on any atom is -0.497 e. The lowest BCUT2D eigenvalue weighted by atomic mass is 10.3. The molecule has 1 N–H and O–H groups in total. The summed E-state index contributed by atoms with van der Waals surface area (Å²) in [7, 11) is 3.64. The number of methoxy groups -OCH3 is 1. The summed E-state index contributed by atoms with van der Waals surface area (Å²) in [6.07, 6.45) is 3.40. The molecule has 0 aliphatic heterocycles. The third-order valence-corrected chi connectivity index (χ3v) is 3.23. The van der Waals surface area contributed by atoms with Gasteiger partial charge in [0.25, 0.3) is 0 Å². The first-order valence-corrected chi connectivity index (χ1v) is 6.88. The lowest BCUT2D eigenvalue weighted by Crippen LogP contribution is -2.30. The first-order chi connectivity index (χ1) is 10.2. The molecule has 21 heavy (non-hydrogen) atoms. The molecule has 0 bridgehead atoms. The zero-order valence-electron chi connectivity index (χ0n) is 12.4. The van der Waals surface area contributed by atoms with Crippen molar-refractivity contribution in [2.24, 2.45) is 0 Å². The van der Waals surface area contributed by atoms with E-state index >= 15 is 0 Å².